The van der Waals surface area contributed by atoms with Gasteiger partial charge in [-0.15, -0.1) is 0 Å². The van der Waals surface area contributed by atoms with Crippen LogP contribution in [0.3, 0.4) is 0 Å². The summed E-state index contributed by atoms with van der Waals surface area (Å²) < 4.78 is 38.9. The van der Waals surface area contributed by atoms with Crippen molar-refractivity contribution in [2.45, 2.75) is 25.1 Å². The second-order valence-corrected chi connectivity index (χ2v) is 5.08. The summed E-state index contributed by atoms with van der Waals surface area (Å²) in [5.74, 6) is -2.28. The highest BCUT2D eigenvalue weighted by Crippen LogP contribution is 2.34. The quantitative estimate of drug-likeness (QED) is 0.923. The van der Waals surface area contributed by atoms with E-state index in [0.717, 1.165) is 0 Å². The van der Waals surface area contributed by atoms with Crippen LogP contribution in [0.2, 0.25) is 0 Å². The van der Waals surface area contributed by atoms with Crippen molar-refractivity contribution in [1.29, 1.82) is 0 Å². The third kappa shape index (κ3) is 2.44. The first kappa shape index (κ1) is 14.6. The zero-order chi connectivity index (χ0) is 15.9. The van der Waals surface area contributed by atoms with Gasteiger partial charge in [0.15, 0.2) is 0 Å². The van der Waals surface area contributed by atoms with Gasteiger partial charge in [0.05, 0.1) is 5.52 Å². The molecule has 2 heterocycles. The molecule has 1 N–H and O–H groups in total. The predicted molar refractivity (Wildman–Crippen MR) is 72.5 cm³/mol. The molecule has 2 aromatic rings. The Morgan fingerprint density at radius 3 is 2.68 bits per heavy atom. The smallest absolute Gasteiger partial charge is 0.451 e. The van der Waals surface area contributed by atoms with Gasteiger partial charge in [0.1, 0.15) is 11.9 Å². The molecule has 0 amide bonds. The lowest BCUT2D eigenvalue weighted by molar-refractivity contribution is -0.144. The van der Waals surface area contributed by atoms with Crippen molar-refractivity contribution in [2.24, 2.45) is 0 Å². The first-order chi connectivity index (χ1) is 10.4. The number of aliphatic carboxylic acids is 1. The number of aromatic nitrogens is 2. The lowest BCUT2D eigenvalue weighted by atomic mass is 10.2. The van der Waals surface area contributed by atoms with Gasteiger partial charge in [0.2, 0.25) is 5.82 Å². The van der Waals surface area contributed by atoms with Gasteiger partial charge in [-0.2, -0.15) is 13.2 Å². The number of halogens is 3. The minimum Gasteiger partial charge on any atom is -0.480 e. The molecule has 3 rings (SSSR count). The van der Waals surface area contributed by atoms with Crippen molar-refractivity contribution in [3.8, 4) is 0 Å². The van der Waals surface area contributed by atoms with Gasteiger partial charge in [-0.1, -0.05) is 12.1 Å². The van der Waals surface area contributed by atoms with Gasteiger partial charge >= 0.3 is 12.1 Å². The van der Waals surface area contributed by atoms with Crippen LogP contribution in [0, 0.1) is 0 Å². The number of fused-ring (bicyclic) bond motifs is 1. The minimum atomic E-state index is -4.68. The summed E-state index contributed by atoms with van der Waals surface area (Å²) in [5, 5.41) is 9.66. The normalized spacial score (nSPS) is 18.9. The second-order valence-electron chi connectivity index (χ2n) is 5.08. The molecule has 1 aliphatic heterocycles. The molecule has 1 aliphatic rings. The summed E-state index contributed by atoms with van der Waals surface area (Å²) in [5.41, 5.74) is 0.149. The number of carbonyl (C=O) groups is 1. The van der Waals surface area contributed by atoms with Crippen molar-refractivity contribution >= 4 is 22.7 Å². The number of hydrogen-bond donors (Lipinski definition) is 1. The van der Waals surface area contributed by atoms with E-state index < -0.39 is 24.0 Å². The first-order valence-electron chi connectivity index (χ1n) is 6.71. The summed E-state index contributed by atoms with van der Waals surface area (Å²) in [6.45, 7) is 0.356. The van der Waals surface area contributed by atoms with Crippen LogP contribution in [0.15, 0.2) is 24.3 Å². The van der Waals surface area contributed by atoms with Gasteiger partial charge in [0, 0.05) is 11.9 Å². The summed E-state index contributed by atoms with van der Waals surface area (Å²) >= 11 is 0. The van der Waals surface area contributed by atoms with E-state index in [1.165, 1.54) is 11.0 Å². The molecule has 0 unspecified atom stereocenters. The highest BCUT2D eigenvalue weighted by Gasteiger charge is 2.38. The Kier molecular flexibility index (Phi) is 3.38. The number of alkyl halides is 3. The highest BCUT2D eigenvalue weighted by atomic mass is 19.4. The van der Waals surface area contributed by atoms with E-state index in [9.17, 15) is 23.1 Å². The fraction of sp³-hybridized carbons (Fsp3) is 0.357. The average Bonchev–Trinajstić information content (AvgIpc) is 2.94. The molecular weight excluding hydrogens is 299 g/mol. The number of benzene rings is 1. The van der Waals surface area contributed by atoms with Crippen molar-refractivity contribution in [3.05, 3.63) is 30.1 Å². The monoisotopic (exact) mass is 311 g/mol. The highest BCUT2D eigenvalue weighted by molar-refractivity contribution is 5.92. The zero-order valence-corrected chi connectivity index (χ0v) is 11.3. The van der Waals surface area contributed by atoms with Crippen LogP contribution in [0.1, 0.15) is 18.7 Å². The number of carboxylic acids is 1. The maximum Gasteiger partial charge on any atom is 0.451 e. The maximum absolute atomic E-state index is 13.0. The van der Waals surface area contributed by atoms with Crippen molar-refractivity contribution in [2.75, 3.05) is 11.4 Å². The fourth-order valence-electron chi connectivity index (χ4n) is 2.68. The van der Waals surface area contributed by atoms with E-state index in [1.54, 1.807) is 18.2 Å². The lowest BCUT2D eigenvalue weighted by Crippen LogP contribution is -2.37. The number of para-hydroxylation sites is 1. The average molecular weight is 311 g/mol. The second kappa shape index (κ2) is 5.11. The van der Waals surface area contributed by atoms with E-state index in [-0.39, 0.29) is 11.3 Å². The summed E-state index contributed by atoms with van der Waals surface area (Å²) in [6.07, 6.45) is -3.71. The zero-order valence-electron chi connectivity index (χ0n) is 11.3. The molecule has 1 saturated heterocycles. The van der Waals surface area contributed by atoms with Crippen molar-refractivity contribution in [3.63, 3.8) is 0 Å². The van der Waals surface area contributed by atoms with Crippen LogP contribution in [0.4, 0.5) is 19.0 Å². The molecule has 1 aromatic carbocycles. The van der Waals surface area contributed by atoms with Gasteiger partial charge in [-0.3, -0.25) is 0 Å². The SMILES string of the molecule is O=C(O)[C@H]1CCCN1c1nc(C(F)(F)F)nc2ccccc12. The van der Waals surface area contributed by atoms with Gasteiger partial charge in [-0.25, -0.2) is 14.8 Å². The Hall–Kier alpha value is -2.38. The van der Waals surface area contributed by atoms with Crippen LogP contribution < -0.4 is 4.90 Å². The minimum absolute atomic E-state index is 0.0304. The van der Waals surface area contributed by atoms with E-state index in [4.69, 9.17) is 0 Å². The van der Waals surface area contributed by atoms with Crippen molar-refractivity contribution < 1.29 is 23.1 Å². The maximum atomic E-state index is 13.0. The Bertz CT molecular complexity index is 733. The van der Waals surface area contributed by atoms with E-state index in [0.29, 0.717) is 24.8 Å². The molecule has 0 radical (unpaired) electrons. The molecule has 1 fully saturated rings. The van der Waals surface area contributed by atoms with Gasteiger partial charge in [0.25, 0.3) is 0 Å². The van der Waals surface area contributed by atoms with Crippen LogP contribution in [0.25, 0.3) is 10.9 Å². The largest absolute Gasteiger partial charge is 0.480 e. The summed E-state index contributed by atoms with van der Waals surface area (Å²) in [6, 6.07) is 5.44. The number of rotatable bonds is 2. The van der Waals surface area contributed by atoms with Gasteiger partial charge < -0.3 is 10.0 Å². The predicted octanol–water partition coefficient (Wildman–Crippen LogP) is 2.70. The number of nitrogens with zero attached hydrogens (tertiary/aromatic N) is 3. The van der Waals surface area contributed by atoms with E-state index in [1.807, 2.05) is 0 Å². The molecule has 5 nitrogen and oxygen atoms in total. The lowest BCUT2D eigenvalue weighted by Gasteiger charge is -2.24. The number of anilines is 1. The molecule has 116 valence electrons. The molecule has 22 heavy (non-hydrogen) atoms. The number of carboxylic acid groups (broad SMARTS) is 1. The molecule has 0 bridgehead atoms. The van der Waals surface area contributed by atoms with Gasteiger partial charge in [-0.05, 0) is 25.0 Å². The Morgan fingerprint density at radius 1 is 1.27 bits per heavy atom. The number of hydrogen-bond acceptors (Lipinski definition) is 4. The third-order valence-corrected chi connectivity index (χ3v) is 3.65. The van der Waals surface area contributed by atoms with Crippen LogP contribution in [0.5, 0.6) is 0 Å². The summed E-state index contributed by atoms with van der Waals surface area (Å²) in [7, 11) is 0. The van der Waals surface area contributed by atoms with E-state index >= 15 is 0 Å². The molecule has 0 saturated carbocycles. The molecule has 1 aromatic heterocycles. The molecule has 1 atom stereocenters. The fourth-order valence-corrected chi connectivity index (χ4v) is 2.68. The van der Waals surface area contributed by atoms with Crippen LogP contribution in [-0.2, 0) is 11.0 Å². The Balaban J connectivity index is 2.21. The standard InChI is InChI=1S/C14H12F3N3O2/c15-14(16,17)13-18-9-5-2-1-4-8(9)11(19-13)20-7-3-6-10(20)12(21)22/h1-2,4-5,10H,3,6-7H2,(H,21,22)/t10-/m1/s1. The van der Waals surface area contributed by atoms with Crippen LogP contribution >= 0.6 is 0 Å². The molecular formula is C14H12F3N3O2. The van der Waals surface area contributed by atoms with Crippen LogP contribution in [-0.4, -0.2) is 33.6 Å². The summed E-state index contributed by atoms with van der Waals surface area (Å²) in [4.78, 5) is 19.9. The Morgan fingerprint density at radius 2 is 2.00 bits per heavy atom. The third-order valence-electron chi connectivity index (χ3n) is 3.65. The van der Waals surface area contributed by atoms with E-state index in [2.05, 4.69) is 9.97 Å². The molecule has 0 aliphatic carbocycles. The molecule has 0 spiro atoms. The Labute approximate surface area is 123 Å². The van der Waals surface area contributed by atoms with Crippen molar-refractivity contribution in [1.82, 2.24) is 9.97 Å². The molecule has 8 heteroatoms. The topological polar surface area (TPSA) is 66.3 Å². The first-order valence-corrected chi connectivity index (χ1v) is 6.71.